The molecular weight excluding hydrogens is 272 g/mol. The van der Waals surface area contributed by atoms with Crippen LogP contribution in [0.3, 0.4) is 0 Å². The van der Waals surface area contributed by atoms with Gasteiger partial charge in [0.1, 0.15) is 12.4 Å². The lowest BCUT2D eigenvalue weighted by Crippen LogP contribution is -2.33. The minimum absolute atomic E-state index is 0.682. The van der Waals surface area contributed by atoms with Gasteiger partial charge in [0.05, 0.1) is 5.02 Å². The molecule has 0 saturated carbocycles. The molecule has 0 aromatic heterocycles. The van der Waals surface area contributed by atoms with E-state index in [9.17, 15) is 0 Å². The summed E-state index contributed by atoms with van der Waals surface area (Å²) in [6, 6.07) is 6.71. The highest BCUT2D eigenvalue weighted by Crippen LogP contribution is 2.25. The molecule has 0 N–H and O–H groups in total. The van der Waals surface area contributed by atoms with Crippen LogP contribution in [0.5, 0.6) is 5.75 Å². The van der Waals surface area contributed by atoms with Crippen molar-refractivity contribution in [2.75, 3.05) is 40.3 Å². The third-order valence-electron chi connectivity index (χ3n) is 4.05. The van der Waals surface area contributed by atoms with Gasteiger partial charge in [-0.2, -0.15) is 0 Å². The normalized spacial score (nSPS) is 19.8. The predicted molar refractivity (Wildman–Crippen MR) is 84.9 cm³/mol. The van der Waals surface area contributed by atoms with E-state index in [4.69, 9.17) is 16.3 Å². The van der Waals surface area contributed by atoms with Crippen LogP contribution in [-0.4, -0.2) is 56.2 Å². The van der Waals surface area contributed by atoms with Gasteiger partial charge in [-0.1, -0.05) is 24.6 Å². The minimum atomic E-state index is 0.682. The lowest BCUT2D eigenvalue weighted by Gasteiger charge is -2.20. The number of aryl methyl sites for hydroxylation is 1. The lowest BCUT2D eigenvalue weighted by molar-refractivity contribution is 0.220. The summed E-state index contributed by atoms with van der Waals surface area (Å²) in [6.45, 7) is 6.11. The van der Waals surface area contributed by atoms with Crippen molar-refractivity contribution in [1.29, 1.82) is 0 Å². The van der Waals surface area contributed by atoms with E-state index >= 15 is 0 Å². The molecule has 2 rings (SSSR count). The molecular formula is C16H25ClN2O. The summed E-state index contributed by atoms with van der Waals surface area (Å²) in [4.78, 5) is 4.77. The highest BCUT2D eigenvalue weighted by atomic mass is 35.5. The second-order valence-electron chi connectivity index (χ2n) is 5.67. The molecule has 1 unspecified atom stereocenters. The third-order valence-corrected chi connectivity index (χ3v) is 4.36. The fourth-order valence-electron chi connectivity index (χ4n) is 2.60. The number of benzene rings is 1. The lowest BCUT2D eigenvalue weighted by atomic mass is 10.2. The first-order chi connectivity index (χ1) is 9.60. The molecule has 1 aromatic carbocycles. The van der Waals surface area contributed by atoms with Gasteiger partial charge in [0.25, 0.3) is 0 Å². The van der Waals surface area contributed by atoms with Crippen molar-refractivity contribution in [3.8, 4) is 5.75 Å². The van der Waals surface area contributed by atoms with Crippen LogP contribution in [0.25, 0.3) is 0 Å². The number of hydrogen-bond acceptors (Lipinski definition) is 3. The van der Waals surface area contributed by atoms with Gasteiger partial charge in [-0.25, -0.2) is 0 Å². The van der Waals surface area contributed by atoms with Crippen LogP contribution in [0, 0.1) is 0 Å². The number of likely N-dealkylation sites (tertiary alicyclic amines) is 1. The van der Waals surface area contributed by atoms with Gasteiger partial charge < -0.3 is 9.64 Å². The van der Waals surface area contributed by atoms with Crippen LogP contribution < -0.4 is 4.74 Å². The van der Waals surface area contributed by atoms with E-state index in [2.05, 4.69) is 43.0 Å². The first kappa shape index (κ1) is 15.6. The second kappa shape index (κ2) is 7.30. The Balaban J connectivity index is 1.79. The molecule has 1 aliphatic heterocycles. The van der Waals surface area contributed by atoms with Crippen molar-refractivity contribution in [3.05, 3.63) is 28.8 Å². The molecule has 1 fully saturated rings. The van der Waals surface area contributed by atoms with Crippen LogP contribution in [0.4, 0.5) is 0 Å². The average molecular weight is 297 g/mol. The van der Waals surface area contributed by atoms with Crippen molar-refractivity contribution in [3.63, 3.8) is 0 Å². The molecule has 1 atom stereocenters. The van der Waals surface area contributed by atoms with Gasteiger partial charge in [0.2, 0.25) is 0 Å². The average Bonchev–Trinajstić information content (AvgIpc) is 2.90. The smallest absolute Gasteiger partial charge is 0.138 e. The zero-order valence-electron chi connectivity index (χ0n) is 12.7. The molecule has 1 heterocycles. The molecule has 4 heteroatoms. The standard InChI is InChI=1S/C16H25ClN2O/c1-4-13-5-6-15(17)16(11-13)20-10-9-19-8-7-14(12-19)18(2)3/h5-6,11,14H,4,7-10,12H2,1-3H3. The summed E-state index contributed by atoms with van der Waals surface area (Å²) in [7, 11) is 4.31. The summed E-state index contributed by atoms with van der Waals surface area (Å²) in [5, 5.41) is 0.704. The van der Waals surface area contributed by atoms with E-state index < -0.39 is 0 Å². The Kier molecular flexibility index (Phi) is 5.70. The maximum atomic E-state index is 6.17. The number of likely N-dealkylation sites (N-methyl/N-ethyl adjacent to an activating group) is 1. The molecule has 1 aromatic rings. The Morgan fingerprint density at radius 3 is 2.85 bits per heavy atom. The maximum absolute atomic E-state index is 6.17. The van der Waals surface area contributed by atoms with Crippen LogP contribution in [0.15, 0.2) is 18.2 Å². The Morgan fingerprint density at radius 2 is 2.20 bits per heavy atom. The van der Waals surface area contributed by atoms with Crippen molar-refractivity contribution < 1.29 is 4.74 Å². The van der Waals surface area contributed by atoms with Gasteiger partial charge >= 0.3 is 0 Å². The van der Waals surface area contributed by atoms with Gasteiger partial charge in [0.15, 0.2) is 0 Å². The van der Waals surface area contributed by atoms with Crippen molar-refractivity contribution >= 4 is 11.6 Å². The molecule has 0 amide bonds. The van der Waals surface area contributed by atoms with E-state index in [-0.39, 0.29) is 0 Å². The summed E-state index contributed by atoms with van der Waals surface area (Å²) in [5.74, 6) is 0.814. The number of ether oxygens (including phenoxy) is 1. The summed E-state index contributed by atoms with van der Waals surface area (Å²) in [5.41, 5.74) is 1.26. The van der Waals surface area contributed by atoms with E-state index in [1.54, 1.807) is 0 Å². The molecule has 1 aliphatic rings. The van der Waals surface area contributed by atoms with Gasteiger partial charge in [-0.05, 0) is 51.2 Å². The molecule has 0 spiro atoms. The predicted octanol–water partition coefficient (Wildman–Crippen LogP) is 2.92. The van der Waals surface area contributed by atoms with E-state index in [1.165, 1.54) is 12.0 Å². The fraction of sp³-hybridized carbons (Fsp3) is 0.625. The quantitative estimate of drug-likeness (QED) is 0.803. The Labute approximate surface area is 127 Å². The number of rotatable bonds is 6. The Morgan fingerprint density at radius 1 is 1.40 bits per heavy atom. The number of hydrogen-bond donors (Lipinski definition) is 0. The summed E-state index contributed by atoms with van der Waals surface area (Å²) >= 11 is 6.17. The van der Waals surface area contributed by atoms with Crippen molar-refractivity contribution in [1.82, 2.24) is 9.80 Å². The molecule has 0 bridgehead atoms. The van der Waals surface area contributed by atoms with Crippen LogP contribution in [-0.2, 0) is 6.42 Å². The van der Waals surface area contributed by atoms with Crippen molar-refractivity contribution in [2.24, 2.45) is 0 Å². The van der Waals surface area contributed by atoms with E-state index in [0.29, 0.717) is 17.7 Å². The van der Waals surface area contributed by atoms with Crippen molar-refractivity contribution in [2.45, 2.75) is 25.8 Å². The van der Waals surface area contributed by atoms with Gasteiger partial charge in [-0.15, -0.1) is 0 Å². The zero-order valence-corrected chi connectivity index (χ0v) is 13.5. The molecule has 3 nitrogen and oxygen atoms in total. The largest absolute Gasteiger partial charge is 0.491 e. The second-order valence-corrected chi connectivity index (χ2v) is 6.08. The number of nitrogens with zero attached hydrogens (tertiary/aromatic N) is 2. The van der Waals surface area contributed by atoms with Crippen LogP contribution in [0.2, 0.25) is 5.02 Å². The van der Waals surface area contributed by atoms with E-state index in [1.807, 2.05) is 6.07 Å². The molecule has 0 aliphatic carbocycles. The third kappa shape index (κ3) is 4.11. The number of halogens is 1. The Bertz CT molecular complexity index is 436. The maximum Gasteiger partial charge on any atom is 0.138 e. The van der Waals surface area contributed by atoms with Crippen LogP contribution >= 0.6 is 11.6 Å². The Hall–Kier alpha value is -0.770. The van der Waals surface area contributed by atoms with Gasteiger partial charge in [0, 0.05) is 19.1 Å². The molecule has 0 radical (unpaired) electrons. The first-order valence-electron chi connectivity index (χ1n) is 7.40. The first-order valence-corrected chi connectivity index (χ1v) is 7.78. The summed E-state index contributed by atoms with van der Waals surface area (Å²) < 4.78 is 5.85. The van der Waals surface area contributed by atoms with Gasteiger partial charge in [-0.3, -0.25) is 4.90 Å². The summed E-state index contributed by atoms with van der Waals surface area (Å²) in [6.07, 6.45) is 2.25. The molecule has 20 heavy (non-hydrogen) atoms. The SMILES string of the molecule is CCc1ccc(Cl)c(OCCN2CCC(N(C)C)C2)c1. The topological polar surface area (TPSA) is 15.7 Å². The highest BCUT2D eigenvalue weighted by molar-refractivity contribution is 6.32. The fourth-order valence-corrected chi connectivity index (χ4v) is 2.77. The van der Waals surface area contributed by atoms with Crippen LogP contribution in [0.1, 0.15) is 18.9 Å². The molecule has 1 saturated heterocycles. The molecule has 112 valence electrons. The monoisotopic (exact) mass is 296 g/mol. The highest BCUT2D eigenvalue weighted by Gasteiger charge is 2.23. The van der Waals surface area contributed by atoms with E-state index in [0.717, 1.165) is 31.8 Å². The minimum Gasteiger partial charge on any atom is -0.491 e. The zero-order chi connectivity index (χ0) is 14.5.